The number of methoxy groups -OCH3 is 1. The Balaban J connectivity index is 1.59. The van der Waals surface area contributed by atoms with Crippen LogP contribution in [0.15, 0.2) is 30.3 Å². The Bertz CT molecular complexity index is 1200. The maximum Gasteiger partial charge on any atom is 0.305 e. The zero-order chi connectivity index (χ0) is 36.4. The van der Waals surface area contributed by atoms with Crippen LogP contribution in [0.4, 0.5) is 0 Å². The summed E-state index contributed by atoms with van der Waals surface area (Å²) >= 11 is 0. The van der Waals surface area contributed by atoms with E-state index in [1.165, 1.54) is 7.11 Å². The van der Waals surface area contributed by atoms with Gasteiger partial charge in [-0.05, 0) is 73.8 Å². The van der Waals surface area contributed by atoms with Crippen molar-refractivity contribution >= 4 is 22.6 Å². The van der Waals surface area contributed by atoms with Crippen molar-refractivity contribution in [2.24, 2.45) is 11.8 Å². The number of hydrogen-bond donors (Lipinski definition) is 0. The molecule has 280 valence electrons. The molecule has 0 saturated carbocycles. The number of carbonyl (C=O) groups is 1. The van der Waals surface area contributed by atoms with Crippen LogP contribution in [0, 0.1) is 11.8 Å². The SMILES string of the molecule is COC(=O)C[C@H](C)[C@H]1O[C@H](C[C@H](C[C@@H]2O[C@@H]3CO[C@@H](c4ccccc4)O[C@H]3CC[C@H]2O[Si](C)(C)C(C)(C)C)O[Si](C)(C)C(C)(C)C)C[C@H]1C. The van der Waals surface area contributed by atoms with E-state index in [4.69, 9.17) is 32.5 Å². The van der Waals surface area contributed by atoms with Gasteiger partial charge in [0.1, 0.15) is 6.10 Å². The second-order valence-electron chi connectivity index (χ2n) is 18.1. The highest BCUT2D eigenvalue weighted by molar-refractivity contribution is 6.74. The maximum absolute atomic E-state index is 12.1. The van der Waals surface area contributed by atoms with E-state index in [1.54, 1.807) is 0 Å². The maximum atomic E-state index is 12.1. The van der Waals surface area contributed by atoms with Gasteiger partial charge in [-0.3, -0.25) is 4.79 Å². The van der Waals surface area contributed by atoms with Crippen LogP contribution in [0.5, 0.6) is 0 Å². The summed E-state index contributed by atoms with van der Waals surface area (Å²) in [7, 11) is -2.83. The molecule has 3 aliphatic heterocycles. The average Bonchev–Trinajstić information content (AvgIpc) is 3.29. The first-order chi connectivity index (χ1) is 22.7. The molecule has 3 fully saturated rings. The molecule has 3 aliphatic rings. The lowest BCUT2D eigenvalue weighted by Gasteiger charge is -2.44. The molecule has 0 spiro atoms. The topological polar surface area (TPSA) is 81.7 Å². The number of carbonyl (C=O) groups excluding carboxylic acids is 1. The first-order valence-corrected chi connectivity index (χ1v) is 24.6. The number of rotatable bonds is 12. The molecule has 0 N–H and O–H groups in total. The molecule has 0 amide bonds. The van der Waals surface area contributed by atoms with Crippen molar-refractivity contribution in [3.63, 3.8) is 0 Å². The minimum atomic E-state index is -2.15. The molecule has 3 saturated heterocycles. The minimum absolute atomic E-state index is 0.0104. The van der Waals surface area contributed by atoms with Crippen LogP contribution in [0.3, 0.4) is 0 Å². The zero-order valence-corrected chi connectivity index (χ0v) is 34.9. The van der Waals surface area contributed by atoms with E-state index in [2.05, 4.69) is 93.7 Å². The van der Waals surface area contributed by atoms with Crippen LogP contribution in [-0.4, -0.2) is 79.0 Å². The van der Waals surface area contributed by atoms with Crippen molar-refractivity contribution in [1.82, 2.24) is 0 Å². The Morgan fingerprint density at radius 3 is 2.16 bits per heavy atom. The molecule has 4 rings (SSSR count). The molecule has 0 radical (unpaired) electrons. The van der Waals surface area contributed by atoms with Gasteiger partial charge >= 0.3 is 5.97 Å². The third kappa shape index (κ3) is 10.5. The highest BCUT2D eigenvalue weighted by Gasteiger charge is 2.48. The van der Waals surface area contributed by atoms with E-state index in [0.29, 0.717) is 25.4 Å². The van der Waals surface area contributed by atoms with Crippen molar-refractivity contribution in [2.75, 3.05) is 13.7 Å². The van der Waals surface area contributed by atoms with E-state index >= 15 is 0 Å². The molecule has 10 heteroatoms. The average molecular weight is 721 g/mol. The van der Waals surface area contributed by atoms with Gasteiger partial charge in [0.2, 0.25) is 0 Å². The molecule has 49 heavy (non-hydrogen) atoms. The van der Waals surface area contributed by atoms with Gasteiger partial charge in [-0.2, -0.15) is 0 Å². The molecule has 0 unspecified atom stereocenters. The van der Waals surface area contributed by atoms with Crippen LogP contribution in [0.2, 0.25) is 36.3 Å². The summed E-state index contributed by atoms with van der Waals surface area (Å²) < 4.78 is 46.2. The highest BCUT2D eigenvalue weighted by Crippen LogP contribution is 2.44. The molecule has 10 atom stereocenters. The summed E-state index contributed by atoms with van der Waals surface area (Å²) in [6, 6.07) is 10.2. The Kier molecular flexibility index (Phi) is 13.5. The van der Waals surface area contributed by atoms with Crippen LogP contribution in [-0.2, 0) is 37.3 Å². The molecule has 1 aromatic carbocycles. The summed E-state index contributed by atoms with van der Waals surface area (Å²) in [5.41, 5.74) is 1.03. The molecule has 0 bridgehead atoms. The summed E-state index contributed by atoms with van der Waals surface area (Å²) in [6.45, 7) is 27.9. The fraction of sp³-hybridized carbons (Fsp3) is 0.821. The predicted octanol–water partition coefficient (Wildman–Crippen LogP) is 9.20. The Labute approximate surface area is 299 Å². The van der Waals surface area contributed by atoms with Crippen molar-refractivity contribution in [3.8, 4) is 0 Å². The first-order valence-electron chi connectivity index (χ1n) is 18.8. The van der Waals surface area contributed by atoms with E-state index < -0.39 is 22.9 Å². The van der Waals surface area contributed by atoms with Crippen LogP contribution in [0.25, 0.3) is 0 Å². The largest absolute Gasteiger partial charge is 0.469 e. The second kappa shape index (κ2) is 16.3. The lowest BCUT2D eigenvalue weighted by Crippen LogP contribution is -2.50. The van der Waals surface area contributed by atoms with Gasteiger partial charge in [0.25, 0.3) is 0 Å². The van der Waals surface area contributed by atoms with Gasteiger partial charge < -0.3 is 32.5 Å². The van der Waals surface area contributed by atoms with Crippen LogP contribution in [0.1, 0.15) is 106 Å². The Morgan fingerprint density at radius 2 is 1.55 bits per heavy atom. The minimum Gasteiger partial charge on any atom is -0.469 e. The molecule has 1 aromatic rings. The number of esters is 1. The van der Waals surface area contributed by atoms with Gasteiger partial charge in [0.05, 0.1) is 56.8 Å². The predicted molar refractivity (Wildman–Crippen MR) is 200 cm³/mol. The number of benzene rings is 1. The Hall–Kier alpha value is -1.12. The normalized spacial score (nSPS) is 31.4. The number of hydrogen-bond acceptors (Lipinski definition) is 8. The van der Waals surface area contributed by atoms with Crippen LogP contribution < -0.4 is 0 Å². The summed E-state index contributed by atoms with van der Waals surface area (Å²) in [5, 5.41) is 0.117. The lowest BCUT2D eigenvalue weighted by molar-refractivity contribution is -0.271. The van der Waals surface area contributed by atoms with Crippen molar-refractivity contribution in [2.45, 2.75) is 179 Å². The number of ether oxygens (including phenoxy) is 5. The molecule has 8 nitrogen and oxygen atoms in total. The smallest absolute Gasteiger partial charge is 0.305 e. The van der Waals surface area contributed by atoms with E-state index in [1.807, 2.05) is 18.2 Å². The fourth-order valence-corrected chi connectivity index (χ4v) is 9.83. The first kappa shape index (κ1) is 40.7. The second-order valence-corrected chi connectivity index (χ2v) is 27.6. The van der Waals surface area contributed by atoms with Crippen LogP contribution >= 0.6 is 0 Å². The lowest BCUT2D eigenvalue weighted by atomic mass is 9.89. The molecular weight excluding hydrogens is 653 g/mol. The summed E-state index contributed by atoms with van der Waals surface area (Å²) in [5.74, 6) is 0.243. The van der Waals surface area contributed by atoms with Gasteiger partial charge in [-0.15, -0.1) is 0 Å². The monoisotopic (exact) mass is 720 g/mol. The summed E-state index contributed by atoms with van der Waals surface area (Å²) in [4.78, 5) is 12.1. The molecule has 0 aromatic heterocycles. The quantitative estimate of drug-likeness (QED) is 0.156. The van der Waals surface area contributed by atoms with Crippen molar-refractivity contribution in [1.29, 1.82) is 0 Å². The van der Waals surface area contributed by atoms with Gasteiger partial charge in [-0.25, -0.2) is 0 Å². The van der Waals surface area contributed by atoms with E-state index in [-0.39, 0.29) is 64.7 Å². The zero-order valence-electron chi connectivity index (χ0n) is 32.9. The third-order valence-corrected chi connectivity index (χ3v) is 21.1. The van der Waals surface area contributed by atoms with Gasteiger partial charge in [0.15, 0.2) is 22.9 Å². The van der Waals surface area contributed by atoms with Gasteiger partial charge in [-0.1, -0.05) is 85.7 Å². The van der Waals surface area contributed by atoms with Gasteiger partial charge in [0, 0.05) is 12.0 Å². The highest BCUT2D eigenvalue weighted by atomic mass is 28.4. The molecule has 3 heterocycles. The van der Waals surface area contributed by atoms with Crippen molar-refractivity contribution in [3.05, 3.63) is 35.9 Å². The van der Waals surface area contributed by atoms with Crippen molar-refractivity contribution < 1.29 is 37.3 Å². The van der Waals surface area contributed by atoms with E-state index in [0.717, 1.165) is 31.2 Å². The third-order valence-electron chi connectivity index (χ3n) is 12.1. The van der Waals surface area contributed by atoms with E-state index in [9.17, 15) is 4.79 Å². The number of fused-ring (bicyclic) bond motifs is 1. The standard InChI is InChI=1S/C39H68O8Si2/c1-26-21-29(43-36(26)27(2)22-35(40)41-9)23-30(46-48(10,11)38(3,4)5)24-33-32(47-49(12,13)39(6,7)8)20-19-31-34(44-33)25-42-37(45-31)28-17-15-14-16-18-28/h14-18,26-27,29-34,36-37H,19-25H2,1-13H3/t26-,27+,29+,30-,31+,32-,33+,34-,36+,37-/m1/s1. The molecular formula is C39H68O8Si2. The fourth-order valence-electron chi connectivity index (χ4n) is 7.07. The Morgan fingerprint density at radius 1 is 0.898 bits per heavy atom. The molecule has 0 aliphatic carbocycles. The summed E-state index contributed by atoms with van der Waals surface area (Å²) in [6.07, 6.45) is 3.59.